The number of esters is 1. The highest BCUT2D eigenvalue weighted by Gasteiger charge is 2.11. The number of nitrogens with zero attached hydrogens (tertiary/aromatic N) is 2. The third-order valence-electron chi connectivity index (χ3n) is 3.21. The summed E-state index contributed by atoms with van der Waals surface area (Å²) in [5.41, 5.74) is 2.37. The molecule has 1 N–H and O–H groups in total. The number of amides is 1. The number of anilines is 1. The molecular weight excluding hydrogens is 338 g/mol. The highest BCUT2D eigenvalue weighted by Crippen LogP contribution is 2.22. The first-order chi connectivity index (χ1) is 12.1. The van der Waals surface area contributed by atoms with Gasteiger partial charge in [0, 0.05) is 24.2 Å². The first-order valence-electron chi connectivity index (χ1n) is 7.52. The van der Waals surface area contributed by atoms with Crippen LogP contribution in [0.5, 0.6) is 0 Å². The minimum absolute atomic E-state index is 0.0759. The van der Waals surface area contributed by atoms with E-state index in [0.29, 0.717) is 16.9 Å². The first kappa shape index (κ1) is 16.8. The van der Waals surface area contributed by atoms with Crippen LogP contribution in [0.25, 0.3) is 10.7 Å². The molecule has 0 unspecified atom stereocenters. The van der Waals surface area contributed by atoms with Crippen molar-refractivity contribution in [1.29, 1.82) is 0 Å². The Morgan fingerprint density at radius 1 is 1.20 bits per heavy atom. The van der Waals surface area contributed by atoms with Crippen molar-refractivity contribution >= 4 is 28.9 Å². The Labute approximate surface area is 148 Å². The summed E-state index contributed by atoms with van der Waals surface area (Å²) in [5.74, 6) is -0.672. The van der Waals surface area contributed by atoms with E-state index in [1.54, 1.807) is 30.5 Å². The molecule has 0 aliphatic carbocycles. The molecule has 0 spiro atoms. The van der Waals surface area contributed by atoms with Crippen molar-refractivity contribution in [3.8, 4) is 10.7 Å². The van der Waals surface area contributed by atoms with Crippen LogP contribution in [0.3, 0.4) is 0 Å². The number of carbonyl (C=O) groups excluding carboxylic acids is 2. The zero-order valence-corrected chi connectivity index (χ0v) is 14.2. The molecule has 25 heavy (non-hydrogen) atoms. The van der Waals surface area contributed by atoms with Crippen LogP contribution in [-0.4, -0.2) is 21.8 Å². The number of pyridine rings is 1. The molecule has 0 aliphatic heterocycles. The molecule has 0 aliphatic rings. The van der Waals surface area contributed by atoms with Gasteiger partial charge >= 0.3 is 5.97 Å². The van der Waals surface area contributed by atoms with Gasteiger partial charge in [0.1, 0.15) is 11.6 Å². The topological polar surface area (TPSA) is 81.2 Å². The third kappa shape index (κ3) is 4.48. The van der Waals surface area contributed by atoms with Gasteiger partial charge in [-0.25, -0.2) is 9.78 Å². The number of rotatable bonds is 5. The van der Waals surface area contributed by atoms with E-state index in [4.69, 9.17) is 4.74 Å². The summed E-state index contributed by atoms with van der Waals surface area (Å²) in [6, 6.07) is 12.2. The lowest BCUT2D eigenvalue weighted by molar-refractivity contribution is -0.114. The molecule has 6 nitrogen and oxygen atoms in total. The summed E-state index contributed by atoms with van der Waals surface area (Å²) >= 11 is 1.45. The van der Waals surface area contributed by atoms with E-state index >= 15 is 0 Å². The maximum atomic E-state index is 12.2. The highest BCUT2D eigenvalue weighted by molar-refractivity contribution is 7.13. The van der Waals surface area contributed by atoms with E-state index < -0.39 is 5.97 Å². The summed E-state index contributed by atoms with van der Waals surface area (Å²) in [5, 5.41) is 5.25. The van der Waals surface area contributed by atoms with Crippen molar-refractivity contribution < 1.29 is 14.3 Å². The van der Waals surface area contributed by atoms with Gasteiger partial charge in [-0.2, -0.15) is 0 Å². The van der Waals surface area contributed by atoms with E-state index in [-0.39, 0.29) is 12.5 Å². The number of hydrogen-bond acceptors (Lipinski definition) is 6. The number of aromatic nitrogens is 2. The van der Waals surface area contributed by atoms with Crippen LogP contribution in [0.2, 0.25) is 0 Å². The van der Waals surface area contributed by atoms with E-state index in [2.05, 4.69) is 15.3 Å². The van der Waals surface area contributed by atoms with Gasteiger partial charge in [0.25, 0.3) is 0 Å². The van der Waals surface area contributed by atoms with Crippen LogP contribution in [0.15, 0.2) is 54.0 Å². The van der Waals surface area contributed by atoms with Gasteiger partial charge in [-0.1, -0.05) is 12.1 Å². The predicted molar refractivity (Wildman–Crippen MR) is 95.2 cm³/mol. The SMILES string of the molecule is CC(=O)Nc1cccc(C(=O)OCc2csc(-c3ccccn3)n2)c1. The summed E-state index contributed by atoms with van der Waals surface area (Å²) < 4.78 is 5.30. The lowest BCUT2D eigenvalue weighted by atomic mass is 10.2. The zero-order chi connectivity index (χ0) is 17.6. The minimum Gasteiger partial charge on any atom is -0.456 e. The van der Waals surface area contributed by atoms with Crippen molar-refractivity contribution in [2.45, 2.75) is 13.5 Å². The molecule has 0 bridgehead atoms. The molecule has 0 atom stereocenters. The second kappa shape index (κ2) is 7.67. The molecule has 1 amide bonds. The first-order valence-corrected chi connectivity index (χ1v) is 8.40. The van der Waals surface area contributed by atoms with Crippen LogP contribution in [0.4, 0.5) is 5.69 Å². The fourth-order valence-corrected chi connectivity index (χ4v) is 2.91. The Morgan fingerprint density at radius 2 is 2.08 bits per heavy atom. The molecule has 126 valence electrons. The number of nitrogens with one attached hydrogen (secondary N) is 1. The average molecular weight is 353 g/mol. The van der Waals surface area contributed by atoms with Crippen molar-refractivity contribution in [3.63, 3.8) is 0 Å². The molecule has 7 heteroatoms. The van der Waals surface area contributed by atoms with Crippen molar-refractivity contribution in [1.82, 2.24) is 9.97 Å². The van der Waals surface area contributed by atoms with Crippen LogP contribution >= 0.6 is 11.3 Å². The van der Waals surface area contributed by atoms with Crippen molar-refractivity contribution in [2.24, 2.45) is 0 Å². The summed E-state index contributed by atoms with van der Waals surface area (Å²) in [6.07, 6.45) is 1.71. The fraction of sp³-hybridized carbons (Fsp3) is 0.111. The van der Waals surface area contributed by atoms with Gasteiger partial charge in [0.2, 0.25) is 5.91 Å². The Hall–Kier alpha value is -3.06. The Kier molecular flexibility index (Phi) is 5.15. The van der Waals surface area contributed by atoms with E-state index in [1.165, 1.54) is 18.3 Å². The number of hydrogen-bond donors (Lipinski definition) is 1. The van der Waals surface area contributed by atoms with E-state index in [9.17, 15) is 9.59 Å². The second-order valence-electron chi connectivity index (χ2n) is 5.20. The predicted octanol–water partition coefficient (Wildman–Crippen LogP) is 3.52. The van der Waals surface area contributed by atoms with Gasteiger partial charge in [-0.3, -0.25) is 9.78 Å². The Morgan fingerprint density at radius 3 is 2.84 bits per heavy atom. The maximum Gasteiger partial charge on any atom is 0.338 e. The summed E-state index contributed by atoms with van der Waals surface area (Å²) in [4.78, 5) is 31.9. The van der Waals surface area contributed by atoms with E-state index in [1.807, 2.05) is 23.6 Å². The van der Waals surface area contributed by atoms with Crippen LogP contribution < -0.4 is 5.32 Å². The molecular formula is C18H15N3O3S. The number of benzene rings is 1. The summed E-state index contributed by atoms with van der Waals surface area (Å²) in [7, 11) is 0. The van der Waals surface area contributed by atoms with E-state index in [0.717, 1.165) is 10.7 Å². The smallest absolute Gasteiger partial charge is 0.338 e. The van der Waals surface area contributed by atoms with Gasteiger partial charge in [0.05, 0.1) is 17.0 Å². The lowest BCUT2D eigenvalue weighted by Crippen LogP contribution is -2.09. The van der Waals surface area contributed by atoms with Crippen LogP contribution in [-0.2, 0) is 16.1 Å². The number of ether oxygens (including phenoxy) is 1. The number of thiazole rings is 1. The molecule has 3 aromatic rings. The molecule has 3 rings (SSSR count). The third-order valence-corrected chi connectivity index (χ3v) is 4.12. The second-order valence-corrected chi connectivity index (χ2v) is 6.06. The Balaban J connectivity index is 1.63. The minimum atomic E-state index is -0.473. The standard InChI is InChI=1S/C18H15N3O3S/c1-12(22)20-14-6-4-5-13(9-14)18(23)24-10-15-11-25-17(21-15)16-7-2-3-8-19-16/h2-9,11H,10H2,1H3,(H,20,22). The van der Waals surface area contributed by atoms with Gasteiger partial charge in [-0.15, -0.1) is 11.3 Å². The molecule has 1 aromatic carbocycles. The van der Waals surface area contributed by atoms with Crippen LogP contribution in [0.1, 0.15) is 23.0 Å². The fourth-order valence-electron chi connectivity index (χ4n) is 2.13. The van der Waals surface area contributed by atoms with Crippen molar-refractivity contribution in [2.75, 3.05) is 5.32 Å². The van der Waals surface area contributed by atoms with Gasteiger partial charge < -0.3 is 10.1 Å². The maximum absolute atomic E-state index is 12.2. The molecule has 0 saturated carbocycles. The van der Waals surface area contributed by atoms with Crippen LogP contribution in [0, 0.1) is 0 Å². The molecule has 2 aromatic heterocycles. The van der Waals surface area contributed by atoms with Crippen molar-refractivity contribution in [3.05, 3.63) is 65.3 Å². The highest BCUT2D eigenvalue weighted by atomic mass is 32.1. The Bertz CT molecular complexity index is 893. The molecule has 0 radical (unpaired) electrons. The normalized spacial score (nSPS) is 10.3. The monoisotopic (exact) mass is 353 g/mol. The average Bonchev–Trinajstić information content (AvgIpc) is 3.09. The quantitative estimate of drug-likeness (QED) is 0.710. The summed E-state index contributed by atoms with van der Waals surface area (Å²) in [6.45, 7) is 1.49. The number of carbonyl (C=O) groups is 2. The van der Waals surface area contributed by atoms with Gasteiger partial charge in [-0.05, 0) is 30.3 Å². The zero-order valence-electron chi connectivity index (χ0n) is 13.4. The lowest BCUT2D eigenvalue weighted by Gasteiger charge is -2.06. The molecule has 0 saturated heterocycles. The molecule has 2 heterocycles. The largest absolute Gasteiger partial charge is 0.456 e. The van der Waals surface area contributed by atoms with Gasteiger partial charge in [0.15, 0.2) is 0 Å². The molecule has 0 fully saturated rings.